The zero-order valence-corrected chi connectivity index (χ0v) is 11.9. The first-order valence-electron chi connectivity index (χ1n) is 5.53. The van der Waals surface area contributed by atoms with Gasteiger partial charge >= 0.3 is 0 Å². The van der Waals surface area contributed by atoms with Crippen LogP contribution in [0.2, 0.25) is 18.1 Å². The first-order valence-corrected chi connectivity index (χ1v) is 8.44. The van der Waals surface area contributed by atoms with Crippen LogP contribution in [0.4, 0.5) is 0 Å². The van der Waals surface area contributed by atoms with Crippen LogP contribution in [0.3, 0.4) is 0 Å². The minimum atomic E-state index is -1.72. The lowest BCUT2D eigenvalue weighted by Crippen LogP contribution is -2.41. The molecule has 0 radical (unpaired) electrons. The van der Waals surface area contributed by atoms with Crippen LogP contribution in [0.1, 0.15) is 27.2 Å². The van der Waals surface area contributed by atoms with E-state index in [1.807, 2.05) is 0 Å². The summed E-state index contributed by atoms with van der Waals surface area (Å²) in [6.07, 6.45) is -0.0772. The first-order chi connectivity index (χ1) is 7.20. The van der Waals surface area contributed by atoms with E-state index >= 15 is 0 Å². The highest BCUT2D eigenvalue weighted by Crippen LogP contribution is 2.36. The second kappa shape index (κ2) is 6.25. The largest absolute Gasteiger partial charge is 0.417 e. The standard InChI is InChI=1S/C10H23N3O2Si/c1-10(2,3)16(4,5)15-7-6-9(14)8-12-13-11/h9,14H,6-8H2,1-5H3. The third-order valence-electron chi connectivity index (χ3n) is 3.08. The van der Waals surface area contributed by atoms with Crippen LogP contribution in [-0.2, 0) is 4.43 Å². The summed E-state index contributed by atoms with van der Waals surface area (Å²) in [7, 11) is -1.72. The smallest absolute Gasteiger partial charge is 0.191 e. The van der Waals surface area contributed by atoms with Crippen molar-refractivity contribution >= 4 is 8.32 Å². The normalized spacial score (nSPS) is 14.4. The quantitative estimate of drug-likeness (QED) is 0.338. The molecule has 0 saturated carbocycles. The number of aliphatic hydroxyl groups is 1. The molecule has 1 unspecified atom stereocenters. The monoisotopic (exact) mass is 245 g/mol. The van der Waals surface area contributed by atoms with Crippen LogP contribution in [0.5, 0.6) is 0 Å². The molecule has 16 heavy (non-hydrogen) atoms. The van der Waals surface area contributed by atoms with Crippen molar-refractivity contribution in [1.82, 2.24) is 0 Å². The second-order valence-corrected chi connectivity index (χ2v) is 10.3. The number of azide groups is 1. The highest BCUT2D eigenvalue weighted by Gasteiger charge is 2.36. The van der Waals surface area contributed by atoms with Crippen molar-refractivity contribution in [3.8, 4) is 0 Å². The van der Waals surface area contributed by atoms with Gasteiger partial charge in [0.2, 0.25) is 0 Å². The summed E-state index contributed by atoms with van der Waals surface area (Å²) in [4.78, 5) is 2.60. The maximum Gasteiger partial charge on any atom is 0.191 e. The fourth-order valence-corrected chi connectivity index (χ4v) is 1.95. The molecule has 0 aliphatic carbocycles. The van der Waals surface area contributed by atoms with E-state index in [2.05, 4.69) is 43.9 Å². The predicted molar refractivity (Wildman–Crippen MR) is 67.8 cm³/mol. The van der Waals surface area contributed by atoms with E-state index in [4.69, 9.17) is 9.96 Å². The molecule has 0 heterocycles. The zero-order valence-electron chi connectivity index (χ0n) is 10.9. The van der Waals surface area contributed by atoms with Crippen molar-refractivity contribution in [3.63, 3.8) is 0 Å². The maximum atomic E-state index is 9.45. The molecule has 0 aromatic carbocycles. The average molecular weight is 245 g/mol. The van der Waals surface area contributed by atoms with E-state index in [1.165, 1.54) is 0 Å². The molecule has 0 fully saturated rings. The lowest BCUT2D eigenvalue weighted by molar-refractivity contribution is 0.141. The van der Waals surface area contributed by atoms with Gasteiger partial charge in [-0.25, -0.2) is 0 Å². The molecule has 0 aliphatic heterocycles. The molecule has 1 N–H and O–H groups in total. The van der Waals surface area contributed by atoms with Gasteiger partial charge in [-0.15, -0.1) is 0 Å². The summed E-state index contributed by atoms with van der Waals surface area (Å²) >= 11 is 0. The Kier molecular flexibility index (Phi) is 6.03. The Balaban J connectivity index is 3.94. The Hall–Kier alpha value is -0.553. The van der Waals surface area contributed by atoms with Crippen molar-refractivity contribution in [2.45, 2.75) is 51.4 Å². The molecule has 0 bridgehead atoms. The van der Waals surface area contributed by atoms with E-state index in [9.17, 15) is 5.11 Å². The summed E-state index contributed by atoms with van der Waals surface area (Å²) in [5.41, 5.74) is 8.10. The van der Waals surface area contributed by atoms with E-state index in [-0.39, 0.29) is 11.6 Å². The van der Waals surface area contributed by atoms with Crippen LogP contribution in [0, 0.1) is 0 Å². The number of aliphatic hydroxyl groups excluding tert-OH is 1. The van der Waals surface area contributed by atoms with Crippen molar-refractivity contribution in [1.29, 1.82) is 0 Å². The lowest BCUT2D eigenvalue weighted by Gasteiger charge is -2.36. The minimum absolute atomic E-state index is 0.122. The van der Waals surface area contributed by atoms with Gasteiger partial charge in [0, 0.05) is 11.5 Å². The van der Waals surface area contributed by atoms with E-state index in [0.29, 0.717) is 13.0 Å². The van der Waals surface area contributed by atoms with Crippen molar-refractivity contribution < 1.29 is 9.53 Å². The van der Waals surface area contributed by atoms with Gasteiger partial charge in [0.1, 0.15) is 0 Å². The van der Waals surface area contributed by atoms with Gasteiger partial charge in [-0.2, -0.15) is 0 Å². The summed E-state index contributed by atoms with van der Waals surface area (Å²) in [6, 6.07) is 0. The van der Waals surface area contributed by atoms with E-state index < -0.39 is 14.4 Å². The number of hydrogen-bond acceptors (Lipinski definition) is 3. The first kappa shape index (κ1) is 15.4. The fourth-order valence-electron chi connectivity index (χ4n) is 0.889. The van der Waals surface area contributed by atoms with Gasteiger partial charge in [-0.1, -0.05) is 25.9 Å². The van der Waals surface area contributed by atoms with Crippen LogP contribution in [-0.4, -0.2) is 32.7 Å². The molecule has 5 nitrogen and oxygen atoms in total. The summed E-state index contributed by atoms with van der Waals surface area (Å²) in [5, 5.41) is 13.0. The van der Waals surface area contributed by atoms with E-state index in [1.54, 1.807) is 0 Å². The Labute approximate surface area is 98.6 Å². The van der Waals surface area contributed by atoms with Crippen LogP contribution < -0.4 is 0 Å². The van der Waals surface area contributed by atoms with Gasteiger partial charge in [0.15, 0.2) is 8.32 Å². The topological polar surface area (TPSA) is 78.2 Å². The molecule has 0 spiro atoms. The van der Waals surface area contributed by atoms with Gasteiger partial charge in [0.25, 0.3) is 0 Å². The lowest BCUT2D eigenvalue weighted by atomic mass is 10.2. The Morgan fingerprint density at radius 3 is 2.44 bits per heavy atom. The molecule has 1 atom stereocenters. The molecule has 0 rings (SSSR count). The zero-order chi connectivity index (χ0) is 12.8. The maximum absolute atomic E-state index is 9.45. The molecule has 0 amide bonds. The molecule has 0 aliphatic rings. The fraction of sp³-hybridized carbons (Fsp3) is 1.00. The minimum Gasteiger partial charge on any atom is -0.417 e. The Bertz CT molecular complexity index is 257. The van der Waals surface area contributed by atoms with Gasteiger partial charge in [0.05, 0.1) is 12.6 Å². The molecule has 6 heteroatoms. The average Bonchev–Trinajstić information content (AvgIpc) is 2.12. The summed E-state index contributed by atoms with van der Waals surface area (Å²) in [6.45, 7) is 11.5. The number of nitrogens with zero attached hydrogens (tertiary/aromatic N) is 3. The molecule has 0 saturated heterocycles. The molecular formula is C10H23N3O2Si. The van der Waals surface area contributed by atoms with Gasteiger partial charge in [-0.05, 0) is 30.1 Å². The summed E-state index contributed by atoms with van der Waals surface area (Å²) < 4.78 is 5.89. The molecule has 94 valence electrons. The molecule has 0 aromatic heterocycles. The van der Waals surface area contributed by atoms with Gasteiger partial charge < -0.3 is 9.53 Å². The Morgan fingerprint density at radius 1 is 1.44 bits per heavy atom. The third-order valence-corrected chi connectivity index (χ3v) is 7.61. The summed E-state index contributed by atoms with van der Waals surface area (Å²) in [5.74, 6) is 0. The Morgan fingerprint density at radius 2 is 2.00 bits per heavy atom. The SMILES string of the molecule is CC(C)(C)[Si](C)(C)OCCC(O)CN=[N+]=[N-]. The highest BCUT2D eigenvalue weighted by molar-refractivity contribution is 6.74. The van der Waals surface area contributed by atoms with Crippen LogP contribution in [0.15, 0.2) is 5.11 Å². The number of hydrogen-bond donors (Lipinski definition) is 1. The number of rotatable bonds is 6. The van der Waals surface area contributed by atoms with Gasteiger partial charge in [-0.3, -0.25) is 0 Å². The van der Waals surface area contributed by atoms with E-state index in [0.717, 1.165) is 0 Å². The second-order valence-electron chi connectivity index (χ2n) is 5.46. The van der Waals surface area contributed by atoms with Crippen LogP contribution >= 0.6 is 0 Å². The van der Waals surface area contributed by atoms with Crippen LogP contribution in [0.25, 0.3) is 10.4 Å². The molecule has 0 aromatic rings. The predicted octanol–water partition coefficient (Wildman–Crippen LogP) is 3.07. The van der Waals surface area contributed by atoms with Crippen molar-refractivity contribution in [2.24, 2.45) is 5.11 Å². The highest BCUT2D eigenvalue weighted by atomic mass is 28.4. The van der Waals surface area contributed by atoms with Crippen molar-refractivity contribution in [2.75, 3.05) is 13.2 Å². The molecular weight excluding hydrogens is 222 g/mol. The third kappa shape index (κ3) is 5.51. The van der Waals surface area contributed by atoms with Crippen molar-refractivity contribution in [3.05, 3.63) is 10.4 Å².